The smallest absolute Gasteiger partial charge is 0.346 e. The minimum atomic E-state index is -4.39. The third-order valence-electron chi connectivity index (χ3n) is 3.09. The Morgan fingerprint density at radius 2 is 1.95 bits per heavy atom. The second kappa shape index (κ2) is 6.37. The lowest BCUT2D eigenvalue weighted by molar-refractivity contribution is -0.135. The van der Waals surface area contributed by atoms with Crippen LogP contribution < -0.4 is 5.73 Å². The second-order valence-corrected chi connectivity index (χ2v) is 7.11. The SMILES string of the molecule is CC(C)n1cc(S(=O)(=O)N(C)CCC(F)(F)F)cc1CN. The van der Waals surface area contributed by atoms with Gasteiger partial charge in [0.15, 0.2) is 0 Å². The van der Waals surface area contributed by atoms with Gasteiger partial charge >= 0.3 is 6.18 Å². The number of halogens is 3. The molecule has 21 heavy (non-hydrogen) atoms. The Morgan fingerprint density at radius 3 is 2.33 bits per heavy atom. The Balaban J connectivity index is 3.02. The fraction of sp³-hybridized carbons (Fsp3) is 0.667. The molecule has 1 aromatic heterocycles. The first-order valence-electron chi connectivity index (χ1n) is 6.43. The highest BCUT2D eigenvalue weighted by molar-refractivity contribution is 7.89. The summed E-state index contributed by atoms with van der Waals surface area (Å²) >= 11 is 0. The van der Waals surface area contributed by atoms with E-state index in [4.69, 9.17) is 5.73 Å². The van der Waals surface area contributed by atoms with Crippen LogP contribution in [-0.2, 0) is 16.6 Å². The van der Waals surface area contributed by atoms with E-state index >= 15 is 0 Å². The Labute approximate surface area is 122 Å². The molecule has 0 unspecified atom stereocenters. The van der Waals surface area contributed by atoms with Gasteiger partial charge in [-0.25, -0.2) is 12.7 Å². The monoisotopic (exact) mass is 327 g/mol. The largest absolute Gasteiger partial charge is 0.390 e. The van der Waals surface area contributed by atoms with Gasteiger partial charge in [-0.3, -0.25) is 0 Å². The molecule has 0 spiro atoms. The molecule has 1 rings (SSSR count). The van der Waals surface area contributed by atoms with Crippen molar-refractivity contribution < 1.29 is 21.6 Å². The number of sulfonamides is 1. The highest BCUT2D eigenvalue weighted by atomic mass is 32.2. The molecule has 0 saturated heterocycles. The van der Waals surface area contributed by atoms with Crippen molar-refractivity contribution in [1.82, 2.24) is 8.87 Å². The molecule has 1 heterocycles. The lowest BCUT2D eigenvalue weighted by Crippen LogP contribution is -2.30. The van der Waals surface area contributed by atoms with Crippen LogP contribution in [0.3, 0.4) is 0 Å². The third kappa shape index (κ3) is 4.45. The number of nitrogens with zero attached hydrogens (tertiary/aromatic N) is 2. The van der Waals surface area contributed by atoms with E-state index in [-0.39, 0.29) is 17.5 Å². The molecule has 0 saturated carbocycles. The Morgan fingerprint density at radius 1 is 1.38 bits per heavy atom. The molecule has 2 N–H and O–H groups in total. The van der Waals surface area contributed by atoms with E-state index in [0.29, 0.717) is 10.00 Å². The van der Waals surface area contributed by atoms with Gasteiger partial charge in [0, 0.05) is 38.1 Å². The summed E-state index contributed by atoms with van der Waals surface area (Å²) in [5.41, 5.74) is 6.18. The molecule has 0 aromatic carbocycles. The zero-order valence-electron chi connectivity index (χ0n) is 12.2. The maximum atomic E-state index is 12.3. The van der Waals surface area contributed by atoms with Gasteiger partial charge in [0.1, 0.15) is 4.90 Å². The maximum Gasteiger partial charge on any atom is 0.390 e. The molecular formula is C12H20F3N3O2S. The summed E-state index contributed by atoms with van der Waals surface area (Å²) in [6, 6.07) is 1.41. The highest BCUT2D eigenvalue weighted by Crippen LogP contribution is 2.24. The van der Waals surface area contributed by atoms with Crippen LogP contribution in [-0.4, -0.2) is 37.1 Å². The summed E-state index contributed by atoms with van der Waals surface area (Å²) in [7, 11) is -2.81. The normalized spacial score (nSPS) is 13.4. The Bertz CT molecular complexity index is 579. The van der Waals surface area contributed by atoms with Gasteiger partial charge in [-0.1, -0.05) is 0 Å². The van der Waals surface area contributed by atoms with Crippen LogP contribution in [0.1, 0.15) is 32.0 Å². The van der Waals surface area contributed by atoms with Gasteiger partial charge < -0.3 is 10.3 Å². The molecule has 122 valence electrons. The first-order chi connectivity index (χ1) is 9.49. The van der Waals surface area contributed by atoms with Crippen LogP contribution in [0.2, 0.25) is 0 Å². The zero-order valence-corrected chi connectivity index (χ0v) is 13.0. The summed E-state index contributed by atoms with van der Waals surface area (Å²) in [6.07, 6.45) is -4.17. The average Bonchev–Trinajstić information content (AvgIpc) is 2.79. The van der Waals surface area contributed by atoms with E-state index in [1.54, 1.807) is 4.57 Å². The van der Waals surface area contributed by atoms with Crippen LogP contribution in [0.15, 0.2) is 17.2 Å². The predicted octanol–water partition coefficient (Wildman–Crippen LogP) is 2.10. The van der Waals surface area contributed by atoms with E-state index in [2.05, 4.69) is 0 Å². The molecule has 0 amide bonds. The molecule has 5 nitrogen and oxygen atoms in total. The van der Waals surface area contributed by atoms with Crippen LogP contribution in [0, 0.1) is 0 Å². The van der Waals surface area contributed by atoms with Crippen LogP contribution >= 0.6 is 0 Å². The topological polar surface area (TPSA) is 68.3 Å². The van der Waals surface area contributed by atoms with Crippen molar-refractivity contribution in [2.45, 2.75) is 43.9 Å². The number of rotatable bonds is 6. The fourth-order valence-electron chi connectivity index (χ4n) is 1.87. The minimum Gasteiger partial charge on any atom is -0.346 e. The summed E-state index contributed by atoms with van der Waals surface area (Å²) < 4.78 is 63.5. The minimum absolute atomic E-state index is 0.00739. The Kier molecular flexibility index (Phi) is 5.46. The summed E-state index contributed by atoms with van der Waals surface area (Å²) in [5, 5.41) is 0. The fourth-order valence-corrected chi connectivity index (χ4v) is 3.09. The van der Waals surface area contributed by atoms with Crippen LogP contribution in [0.5, 0.6) is 0 Å². The Hall–Kier alpha value is -1.06. The van der Waals surface area contributed by atoms with E-state index in [0.717, 1.165) is 7.05 Å². The molecule has 0 radical (unpaired) electrons. The molecule has 0 aliphatic rings. The highest BCUT2D eigenvalue weighted by Gasteiger charge is 2.31. The zero-order chi connectivity index (χ0) is 16.4. The maximum absolute atomic E-state index is 12.3. The molecule has 0 atom stereocenters. The molecule has 9 heteroatoms. The molecular weight excluding hydrogens is 307 g/mol. The number of aromatic nitrogens is 1. The summed E-state index contributed by atoms with van der Waals surface area (Å²) in [6.45, 7) is 3.27. The van der Waals surface area contributed by atoms with E-state index in [1.807, 2.05) is 13.8 Å². The van der Waals surface area contributed by atoms with E-state index < -0.39 is 29.2 Å². The van der Waals surface area contributed by atoms with Crippen molar-refractivity contribution in [2.75, 3.05) is 13.6 Å². The summed E-state index contributed by atoms with van der Waals surface area (Å²) in [4.78, 5) is -0.0404. The lowest BCUT2D eigenvalue weighted by atomic mass is 10.3. The van der Waals surface area contributed by atoms with E-state index in [1.165, 1.54) is 12.3 Å². The van der Waals surface area contributed by atoms with Crippen molar-refractivity contribution >= 4 is 10.0 Å². The second-order valence-electron chi connectivity index (χ2n) is 5.06. The van der Waals surface area contributed by atoms with Crippen LogP contribution in [0.25, 0.3) is 0 Å². The van der Waals surface area contributed by atoms with E-state index in [9.17, 15) is 21.6 Å². The molecule has 1 aromatic rings. The van der Waals surface area contributed by atoms with Gasteiger partial charge in [-0.2, -0.15) is 13.2 Å². The molecule has 0 aliphatic heterocycles. The third-order valence-corrected chi connectivity index (χ3v) is 4.91. The van der Waals surface area contributed by atoms with Crippen molar-refractivity contribution in [3.05, 3.63) is 18.0 Å². The standard InChI is InChI=1S/C12H20F3N3O2S/c1-9(2)18-8-11(6-10(18)7-16)21(19,20)17(3)5-4-12(13,14)15/h6,8-9H,4-5,7,16H2,1-3H3. The average molecular weight is 327 g/mol. The first-order valence-corrected chi connectivity index (χ1v) is 7.87. The van der Waals surface area contributed by atoms with Gasteiger partial charge in [-0.05, 0) is 19.9 Å². The number of hydrogen-bond acceptors (Lipinski definition) is 3. The molecule has 0 aliphatic carbocycles. The van der Waals surface area contributed by atoms with Crippen molar-refractivity contribution in [1.29, 1.82) is 0 Å². The van der Waals surface area contributed by atoms with Gasteiger partial charge in [0.05, 0.1) is 6.42 Å². The first kappa shape index (κ1) is 18.0. The van der Waals surface area contributed by atoms with Gasteiger partial charge in [-0.15, -0.1) is 0 Å². The van der Waals surface area contributed by atoms with Crippen molar-refractivity contribution in [3.63, 3.8) is 0 Å². The lowest BCUT2D eigenvalue weighted by Gasteiger charge is -2.17. The molecule has 0 fully saturated rings. The summed E-state index contributed by atoms with van der Waals surface area (Å²) in [5.74, 6) is 0. The predicted molar refractivity (Wildman–Crippen MR) is 73.2 cm³/mol. The number of nitrogens with two attached hydrogens (primary N) is 1. The molecule has 0 bridgehead atoms. The van der Waals surface area contributed by atoms with Crippen molar-refractivity contribution in [3.8, 4) is 0 Å². The number of hydrogen-bond donors (Lipinski definition) is 1. The van der Waals surface area contributed by atoms with Gasteiger partial charge in [0.2, 0.25) is 10.0 Å². The quantitative estimate of drug-likeness (QED) is 0.870. The van der Waals surface area contributed by atoms with Crippen LogP contribution in [0.4, 0.5) is 13.2 Å². The van der Waals surface area contributed by atoms with Crippen molar-refractivity contribution in [2.24, 2.45) is 5.73 Å². The number of alkyl halides is 3. The van der Waals surface area contributed by atoms with Gasteiger partial charge in [0.25, 0.3) is 0 Å².